The maximum Gasteiger partial charge on any atom is 0.242 e. The van der Waals surface area contributed by atoms with Gasteiger partial charge >= 0.3 is 0 Å². The molecule has 1 amide bonds. The summed E-state index contributed by atoms with van der Waals surface area (Å²) in [6.07, 6.45) is 8.52. The summed E-state index contributed by atoms with van der Waals surface area (Å²) in [4.78, 5) is 27.2. The number of hydrogen-bond acceptors (Lipinski definition) is 5. The number of nitrogens with zero attached hydrogens (tertiary/aromatic N) is 5. The summed E-state index contributed by atoms with van der Waals surface area (Å²) in [7, 11) is 2.15. The predicted octanol–water partition coefficient (Wildman–Crippen LogP) is 1.24. The second-order valence-electron chi connectivity index (χ2n) is 8.98. The lowest BCUT2D eigenvalue weighted by Gasteiger charge is -2.51. The number of hydrogen-bond donors (Lipinski definition) is 0. The van der Waals surface area contributed by atoms with E-state index in [2.05, 4.69) is 43.8 Å². The second-order valence-corrected chi connectivity index (χ2v) is 8.98. The van der Waals surface area contributed by atoms with Gasteiger partial charge < -0.3 is 9.80 Å². The Labute approximate surface area is 162 Å². The number of aromatic nitrogens is 1. The predicted molar refractivity (Wildman–Crippen MR) is 104 cm³/mol. The van der Waals surface area contributed by atoms with E-state index in [4.69, 9.17) is 0 Å². The molecule has 1 saturated carbocycles. The van der Waals surface area contributed by atoms with E-state index in [0.717, 1.165) is 64.6 Å². The third-order valence-corrected chi connectivity index (χ3v) is 7.12. The zero-order valence-corrected chi connectivity index (χ0v) is 16.4. The van der Waals surface area contributed by atoms with E-state index in [-0.39, 0.29) is 11.7 Å². The fourth-order valence-corrected chi connectivity index (χ4v) is 5.36. The fourth-order valence-electron chi connectivity index (χ4n) is 5.36. The van der Waals surface area contributed by atoms with Gasteiger partial charge in [-0.15, -0.1) is 0 Å². The Bertz CT molecular complexity index is 683. The van der Waals surface area contributed by atoms with Crippen molar-refractivity contribution in [1.82, 2.24) is 24.6 Å². The van der Waals surface area contributed by atoms with Gasteiger partial charge in [0.25, 0.3) is 0 Å². The minimum Gasteiger partial charge on any atom is -0.322 e. The van der Waals surface area contributed by atoms with Crippen molar-refractivity contribution in [3.8, 4) is 0 Å². The molecule has 1 aliphatic carbocycles. The van der Waals surface area contributed by atoms with Crippen LogP contribution in [0.25, 0.3) is 0 Å². The van der Waals surface area contributed by atoms with Gasteiger partial charge in [0.1, 0.15) is 6.04 Å². The van der Waals surface area contributed by atoms with Crippen molar-refractivity contribution in [1.29, 1.82) is 0 Å². The molecule has 1 aromatic rings. The molecule has 3 aliphatic heterocycles. The van der Waals surface area contributed by atoms with Crippen LogP contribution in [0.15, 0.2) is 24.5 Å². The Hall–Kier alpha value is -1.50. The van der Waals surface area contributed by atoms with Gasteiger partial charge in [-0.2, -0.15) is 0 Å². The van der Waals surface area contributed by atoms with Crippen molar-refractivity contribution in [3.63, 3.8) is 0 Å². The normalized spacial score (nSPS) is 29.4. The molecule has 0 aromatic carbocycles. The summed E-state index contributed by atoms with van der Waals surface area (Å²) in [6.45, 7) is 7.09. The average molecular weight is 370 g/mol. The number of amides is 1. The van der Waals surface area contributed by atoms with Crippen molar-refractivity contribution >= 4 is 5.91 Å². The fraction of sp³-hybridized carbons (Fsp3) is 0.714. The summed E-state index contributed by atoms with van der Waals surface area (Å²) in [6, 6.07) is 4.30. The number of likely N-dealkylation sites (N-methyl/N-ethyl adjacent to an activating group) is 1. The minimum atomic E-state index is -0.0274. The number of pyridine rings is 1. The van der Waals surface area contributed by atoms with Crippen LogP contribution in [0, 0.1) is 5.92 Å². The molecule has 146 valence electrons. The molecule has 1 aromatic heterocycles. The van der Waals surface area contributed by atoms with E-state index in [1.54, 1.807) is 0 Å². The first-order valence-electron chi connectivity index (χ1n) is 10.5. The van der Waals surface area contributed by atoms with E-state index in [9.17, 15) is 4.79 Å². The van der Waals surface area contributed by atoms with Gasteiger partial charge in [-0.1, -0.05) is 0 Å². The summed E-state index contributed by atoms with van der Waals surface area (Å²) >= 11 is 0. The molecule has 27 heavy (non-hydrogen) atoms. The Balaban J connectivity index is 1.34. The molecular weight excluding hydrogens is 338 g/mol. The van der Waals surface area contributed by atoms with E-state index < -0.39 is 0 Å². The highest BCUT2D eigenvalue weighted by Crippen LogP contribution is 2.44. The van der Waals surface area contributed by atoms with Crippen molar-refractivity contribution in [2.24, 2.45) is 5.92 Å². The van der Waals surface area contributed by atoms with Crippen LogP contribution in [0.1, 0.15) is 31.2 Å². The largest absolute Gasteiger partial charge is 0.322 e. The highest BCUT2D eigenvalue weighted by atomic mass is 16.2. The molecule has 0 N–H and O–H groups in total. The van der Waals surface area contributed by atoms with Gasteiger partial charge in [0.15, 0.2) is 0 Å². The van der Waals surface area contributed by atoms with Crippen molar-refractivity contribution in [3.05, 3.63) is 30.1 Å². The van der Waals surface area contributed by atoms with Crippen LogP contribution in [0.3, 0.4) is 0 Å². The van der Waals surface area contributed by atoms with Crippen LogP contribution in [-0.4, -0.2) is 88.5 Å². The maximum atomic E-state index is 13.3. The first-order chi connectivity index (χ1) is 13.2. The molecule has 0 unspecified atom stereocenters. The van der Waals surface area contributed by atoms with Gasteiger partial charge in [-0.3, -0.25) is 19.6 Å². The smallest absolute Gasteiger partial charge is 0.242 e. The Kier molecular flexibility index (Phi) is 4.45. The van der Waals surface area contributed by atoms with Gasteiger partial charge in [-0.25, -0.2) is 0 Å². The zero-order chi connectivity index (χ0) is 18.4. The van der Waals surface area contributed by atoms with Crippen LogP contribution in [0.4, 0.5) is 0 Å². The summed E-state index contributed by atoms with van der Waals surface area (Å²) < 4.78 is 0. The standard InChI is InChI=1S/C21H31N5O/c1-23-12-13-25-19(16-23)20(27)26(15-17-2-3-17)21(25)6-10-24(11-7-21)14-18-4-8-22-9-5-18/h4-5,8-9,17,19H,2-3,6-7,10-16H2,1H3/t19-/m1/s1. The molecule has 5 rings (SSSR count). The number of fused-ring (bicyclic) bond motifs is 2. The molecule has 1 atom stereocenters. The Morgan fingerprint density at radius 3 is 2.56 bits per heavy atom. The molecule has 0 bridgehead atoms. The number of piperazine rings is 1. The highest BCUT2D eigenvalue weighted by molar-refractivity contribution is 5.85. The van der Waals surface area contributed by atoms with Gasteiger partial charge in [0.05, 0.1) is 5.66 Å². The topological polar surface area (TPSA) is 42.9 Å². The molecule has 6 nitrogen and oxygen atoms in total. The summed E-state index contributed by atoms with van der Waals surface area (Å²) in [5, 5.41) is 0. The third-order valence-electron chi connectivity index (χ3n) is 7.12. The second kappa shape index (κ2) is 6.83. The van der Waals surface area contributed by atoms with Crippen molar-refractivity contribution in [2.75, 3.05) is 46.3 Å². The quantitative estimate of drug-likeness (QED) is 0.799. The van der Waals surface area contributed by atoms with Crippen LogP contribution in [-0.2, 0) is 11.3 Å². The van der Waals surface area contributed by atoms with E-state index in [1.165, 1.54) is 18.4 Å². The highest BCUT2D eigenvalue weighted by Gasteiger charge is 2.58. The van der Waals surface area contributed by atoms with Crippen LogP contribution in [0.2, 0.25) is 0 Å². The molecule has 6 heteroatoms. The van der Waals surface area contributed by atoms with Gasteiger partial charge in [0.2, 0.25) is 5.91 Å². The van der Waals surface area contributed by atoms with E-state index in [1.807, 2.05) is 12.4 Å². The van der Waals surface area contributed by atoms with Crippen LogP contribution >= 0.6 is 0 Å². The SMILES string of the molecule is CN1CCN2[C@H](C1)C(=O)N(CC1CC1)C21CCN(Cc2ccncc2)CC1. The van der Waals surface area contributed by atoms with Crippen molar-refractivity contribution in [2.45, 2.75) is 43.9 Å². The zero-order valence-electron chi connectivity index (χ0n) is 16.4. The average Bonchev–Trinajstić information content (AvgIpc) is 3.48. The molecular formula is C21H31N5O. The lowest BCUT2D eigenvalue weighted by molar-refractivity contribution is -0.134. The molecule has 4 aliphatic rings. The Morgan fingerprint density at radius 1 is 1.11 bits per heavy atom. The van der Waals surface area contributed by atoms with Gasteiger partial charge in [0, 0.05) is 58.2 Å². The van der Waals surface area contributed by atoms with Crippen LogP contribution in [0.5, 0.6) is 0 Å². The lowest BCUT2D eigenvalue weighted by atomic mass is 9.93. The molecule has 4 fully saturated rings. The third kappa shape index (κ3) is 3.18. The summed E-state index contributed by atoms with van der Waals surface area (Å²) in [5.41, 5.74) is 1.30. The molecule has 1 spiro atoms. The lowest BCUT2D eigenvalue weighted by Crippen LogP contribution is -2.63. The first-order valence-corrected chi connectivity index (χ1v) is 10.5. The van der Waals surface area contributed by atoms with Gasteiger partial charge in [-0.05, 0) is 56.3 Å². The van der Waals surface area contributed by atoms with Crippen molar-refractivity contribution < 1.29 is 4.79 Å². The van der Waals surface area contributed by atoms with E-state index >= 15 is 0 Å². The molecule has 0 radical (unpaired) electrons. The molecule has 4 heterocycles. The monoisotopic (exact) mass is 369 g/mol. The Morgan fingerprint density at radius 2 is 1.85 bits per heavy atom. The molecule has 3 saturated heterocycles. The number of piperidine rings is 1. The van der Waals surface area contributed by atoms with Crippen LogP contribution < -0.4 is 0 Å². The minimum absolute atomic E-state index is 0.0274. The number of carbonyl (C=O) groups is 1. The van der Waals surface area contributed by atoms with E-state index in [0.29, 0.717) is 5.91 Å². The summed E-state index contributed by atoms with van der Waals surface area (Å²) in [5.74, 6) is 1.15. The number of likely N-dealkylation sites (tertiary alicyclic amines) is 1. The number of carbonyl (C=O) groups excluding carboxylic acids is 1. The maximum absolute atomic E-state index is 13.3. The number of rotatable bonds is 4. The first kappa shape index (κ1) is 17.6.